The van der Waals surface area contributed by atoms with Crippen LogP contribution in [0.15, 0.2) is 83.6 Å². The van der Waals surface area contributed by atoms with Crippen molar-refractivity contribution in [1.29, 1.82) is 0 Å². The van der Waals surface area contributed by atoms with Gasteiger partial charge in [0.05, 0.1) is 11.4 Å². The summed E-state index contributed by atoms with van der Waals surface area (Å²) in [5.41, 5.74) is 2.43. The standard InChI is InChI=1S/C24H16ClFN6OS2/c25-16-4-1-5-19(11-16)32-22(15-3-2-10-27-12-15)30-31-24(32)35-14-21-29-20(13-34-21)23(33)28-18-8-6-17(26)7-9-18/h1-13H,14H2,(H,28,33). The van der Waals surface area contributed by atoms with Crippen molar-refractivity contribution >= 4 is 46.3 Å². The van der Waals surface area contributed by atoms with Gasteiger partial charge in [0.2, 0.25) is 0 Å². The Morgan fingerprint density at radius 1 is 1.11 bits per heavy atom. The van der Waals surface area contributed by atoms with Crippen molar-refractivity contribution in [2.45, 2.75) is 10.9 Å². The molecule has 0 unspecified atom stereocenters. The SMILES string of the molecule is O=C(Nc1ccc(F)cc1)c1csc(CSc2nnc(-c3cccnc3)n2-c2cccc(Cl)c2)n1. The van der Waals surface area contributed by atoms with E-state index >= 15 is 0 Å². The predicted octanol–water partition coefficient (Wildman–Crippen LogP) is 6.12. The number of thioether (sulfide) groups is 1. The summed E-state index contributed by atoms with van der Waals surface area (Å²) in [6, 6.07) is 16.8. The molecule has 7 nitrogen and oxygen atoms in total. The molecule has 0 radical (unpaired) electrons. The third kappa shape index (κ3) is 5.40. The largest absolute Gasteiger partial charge is 0.321 e. The van der Waals surface area contributed by atoms with Crippen molar-refractivity contribution in [1.82, 2.24) is 24.7 Å². The van der Waals surface area contributed by atoms with Gasteiger partial charge in [-0.1, -0.05) is 29.4 Å². The van der Waals surface area contributed by atoms with E-state index in [4.69, 9.17) is 11.6 Å². The van der Waals surface area contributed by atoms with E-state index in [2.05, 4.69) is 25.5 Å². The molecule has 1 amide bonds. The molecule has 0 aliphatic heterocycles. The molecule has 0 fully saturated rings. The molecular weight excluding hydrogens is 507 g/mol. The first-order chi connectivity index (χ1) is 17.1. The van der Waals surface area contributed by atoms with E-state index < -0.39 is 0 Å². The van der Waals surface area contributed by atoms with Gasteiger partial charge < -0.3 is 5.32 Å². The first-order valence-electron chi connectivity index (χ1n) is 10.3. The fraction of sp³-hybridized carbons (Fsp3) is 0.0417. The normalized spacial score (nSPS) is 10.9. The average Bonchev–Trinajstić information content (AvgIpc) is 3.52. The number of amides is 1. The molecule has 5 rings (SSSR count). The lowest BCUT2D eigenvalue weighted by atomic mass is 10.2. The van der Waals surface area contributed by atoms with Gasteiger partial charge in [0.15, 0.2) is 11.0 Å². The fourth-order valence-corrected chi connectivity index (χ4v) is 5.16. The molecule has 0 bridgehead atoms. The number of halogens is 2. The summed E-state index contributed by atoms with van der Waals surface area (Å²) in [6.07, 6.45) is 3.43. The lowest BCUT2D eigenvalue weighted by molar-refractivity contribution is 0.102. The number of rotatable bonds is 7. The fourth-order valence-electron chi connectivity index (χ4n) is 3.23. The quantitative estimate of drug-likeness (QED) is 0.259. The maximum Gasteiger partial charge on any atom is 0.275 e. The van der Waals surface area contributed by atoms with Gasteiger partial charge in [-0.05, 0) is 54.6 Å². The Hall–Kier alpha value is -3.60. The third-order valence-electron chi connectivity index (χ3n) is 4.83. The van der Waals surface area contributed by atoms with Crippen molar-refractivity contribution in [2.24, 2.45) is 0 Å². The van der Waals surface area contributed by atoms with Crippen LogP contribution in [0.2, 0.25) is 5.02 Å². The number of nitrogens with zero attached hydrogens (tertiary/aromatic N) is 5. The highest BCUT2D eigenvalue weighted by Gasteiger charge is 2.18. The molecular formula is C24H16ClFN6OS2. The number of hydrogen-bond donors (Lipinski definition) is 1. The van der Waals surface area contributed by atoms with Crippen LogP contribution in [0, 0.1) is 5.82 Å². The summed E-state index contributed by atoms with van der Waals surface area (Å²) in [4.78, 5) is 21.1. The van der Waals surface area contributed by atoms with E-state index in [1.807, 2.05) is 34.9 Å². The summed E-state index contributed by atoms with van der Waals surface area (Å²) < 4.78 is 15.0. The first kappa shape index (κ1) is 23.2. The van der Waals surface area contributed by atoms with Crippen LogP contribution in [-0.4, -0.2) is 30.6 Å². The van der Waals surface area contributed by atoms with E-state index in [0.29, 0.717) is 33.1 Å². The highest BCUT2D eigenvalue weighted by molar-refractivity contribution is 7.98. The van der Waals surface area contributed by atoms with Crippen LogP contribution < -0.4 is 5.32 Å². The van der Waals surface area contributed by atoms with Gasteiger partial charge in [0.25, 0.3) is 5.91 Å². The number of nitrogens with one attached hydrogen (secondary N) is 1. The minimum absolute atomic E-state index is 0.294. The number of thiazole rings is 1. The second kappa shape index (κ2) is 10.3. The van der Waals surface area contributed by atoms with Crippen molar-refractivity contribution < 1.29 is 9.18 Å². The second-order valence-electron chi connectivity index (χ2n) is 7.24. The highest BCUT2D eigenvalue weighted by Crippen LogP contribution is 2.31. The number of anilines is 1. The maximum atomic E-state index is 13.1. The van der Waals surface area contributed by atoms with Crippen LogP contribution >= 0.6 is 34.7 Å². The summed E-state index contributed by atoms with van der Waals surface area (Å²) >= 11 is 9.07. The second-order valence-corrected chi connectivity index (χ2v) is 9.56. The molecule has 0 aliphatic rings. The average molecular weight is 523 g/mol. The Balaban J connectivity index is 1.36. The first-order valence-corrected chi connectivity index (χ1v) is 12.6. The molecule has 3 heterocycles. The zero-order chi connectivity index (χ0) is 24.2. The van der Waals surface area contributed by atoms with E-state index in [-0.39, 0.29) is 11.7 Å². The van der Waals surface area contributed by atoms with Crippen LogP contribution in [0.3, 0.4) is 0 Å². The monoisotopic (exact) mass is 522 g/mol. The Morgan fingerprint density at radius 3 is 2.74 bits per heavy atom. The number of aromatic nitrogens is 5. The number of carbonyl (C=O) groups is 1. The van der Waals surface area contributed by atoms with Gasteiger partial charge in [0.1, 0.15) is 16.5 Å². The van der Waals surface area contributed by atoms with E-state index in [1.165, 1.54) is 47.4 Å². The molecule has 11 heteroatoms. The smallest absolute Gasteiger partial charge is 0.275 e. The molecule has 174 valence electrons. The molecule has 0 aliphatic carbocycles. The Labute approximate surface area is 213 Å². The van der Waals surface area contributed by atoms with Crippen molar-refractivity contribution in [3.05, 3.63) is 100.0 Å². The zero-order valence-electron chi connectivity index (χ0n) is 17.9. The van der Waals surface area contributed by atoms with Gasteiger partial charge in [-0.3, -0.25) is 14.3 Å². The lowest BCUT2D eigenvalue weighted by Gasteiger charge is -2.10. The molecule has 0 spiro atoms. The summed E-state index contributed by atoms with van der Waals surface area (Å²) in [6.45, 7) is 0. The van der Waals surface area contributed by atoms with Crippen LogP contribution in [0.4, 0.5) is 10.1 Å². The van der Waals surface area contributed by atoms with Crippen molar-refractivity contribution in [3.8, 4) is 17.1 Å². The summed E-state index contributed by atoms with van der Waals surface area (Å²) in [5.74, 6) is 0.403. The van der Waals surface area contributed by atoms with E-state index in [0.717, 1.165) is 16.3 Å². The van der Waals surface area contributed by atoms with Crippen LogP contribution in [-0.2, 0) is 5.75 Å². The molecule has 2 aromatic carbocycles. The summed E-state index contributed by atoms with van der Waals surface area (Å²) in [5, 5.41) is 15.2. The Morgan fingerprint density at radius 2 is 1.97 bits per heavy atom. The van der Waals surface area contributed by atoms with E-state index in [1.54, 1.807) is 23.8 Å². The van der Waals surface area contributed by atoms with Gasteiger partial charge in [-0.25, -0.2) is 9.37 Å². The Kier molecular flexibility index (Phi) is 6.84. The molecule has 0 saturated carbocycles. The number of pyridine rings is 1. The Bertz CT molecular complexity index is 1470. The topological polar surface area (TPSA) is 85.6 Å². The minimum Gasteiger partial charge on any atom is -0.321 e. The molecule has 35 heavy (non-hydrogen) atoms. The van der Waals surface area contributed by atoms with Gasteiger partial charge in [0, 0.05) is 34.0 Å². The number of hydrogen-bond acceptors (Lipinski definition) is 7. The predicted molar refractivity (Wildman–Crippen MR) is 136 cm³/mol. The minimum atomic E-state index is -0.367. The van der Waals surface area contributed by atoms with E-state index in [9.17, 15) is 9.18 Å². The maximum absolute atomic E-state index is 13.1. The van der Waals surface area contributed by atoms with Gasteiger partial charge in [-0.2, -0.15) is 0 Å². The van der Waals surface area contributed by atoms with Crippen molar-refractivity contribution in [3.63, 3.8) is 0 Å². The van der Waals surface area contributed by atoms with Crippen LogP contribution in [0.1, 0.15) is 15.5 Å². The van der Waals surface area contributed by atoms with Gasteiger partial charge >= 0.3 is 0 Å². The van der Waals surface area contributed by atoms with Gasteiger partial charge in [-0.15, -0.1) is 21.5 Å². The summed E-state index contributed by atoms with van der Waals surface area (Å²) in [7, 11) is 0. The molecule has 5 aromatic rings. The number of benzene rings is 2. The van der Waals surface area contributed by atoms with Crippen molar-refractivity contribution in [2.75, 3.05) is 5.32 Å². The number of carbonyl (C=O) groups excluding carboxylic acids is 1. The molecule has 0 saturated heterocycles. The van der Waals surface area contributed by atoms with Crippen LogP contribution in [0.25, 0.3) is 17.1 Å². The highest BCUT2D eigenvalue weighted by atomic mass is 35.5. The lowest BCUT2D eigenvalue weighted by Crippen LogP contribution is -2.12. The third-order valence-corrected chi connectivity index (χ3v) is 7.04. The van der Waals surface area contributed by atoms with Crippen LogP contribution in [0.5, 0.6) is 0 Å². The molecule has 0 atom stereocenters. The zero-order valence-corrected chi connectivity index (χ0v) is 20.3. The molecule has 1 N–H and O–H groups in total. The molecule has 3 aromatic heterocycles.